The molecule has 2 N–H and O–H groups in total. The lowest BCUT2D eigenvalue weighted by Crippen LogP contribution is -2.57. The Balaban J connectivity index is 1.21. The molecule has 0 spiro atoms. The summed E-state index contributed by atoms with van der Waals surface area (Å²) in [6.45, 7) is 8.04. The molecule has 214 valence electrons. The van der Waals surface area contributed by atoms with Crippen LogP contribution in [0, 0.1) is 19.8 Å². The monoisotopic (exact) mass is 583 g/mol. The molecule has 1 amide bonds. The van der Waals surface area contributed by atoms with Crippen molar-refractivity contribution >= 4 is 39.1 Å². The number of hydrogen-bond donors (Lipinski definition) is 2. The molecule has 1 aliphatic carbocycles. The van der Waals surface area contributed by atoms with Gasteiger partial charge >= 0.3 is 0 Å². The first-order chi connectivity index (χ1) is 19.2. The van der Waals surface area contributed by atoms with E-state index in [1.807, 2.05) is 37.6 Å². The molecule has 0 radical (unpaired) electrons. The van der Waals surface area contributed by atoms with Crippen LogP contribution in [0.1, 0.15) is 59.8 Å². The summed E-state index contributed by atoms with van der Waals surface area (Å²) in [6, 6.07) is 4.51. The maximum atomic E-state index is 13.6. The topological polar surface area (TPSA) is 92.9 Å². The number of fused-ring (bicyclic) bond motifs is 3. The number of carbonyl (C=O) groups excluding carboxylic acids is 1. The Kier molecular flexibility index (Phi) is 7.39. The summed E-state index contributed by atoms with van der Waals surface area (Å²) in [5, 5.41) is 5.84. The molecule has 0 unspecified atom stereocenters. The first-order valence-electron chi connectivity index (χ1n) is 14.0. The van der Waals surface area contributed by atoms with Crippen molar-refractivity contribution < 1.29 is 19.0 Å². The Morgan fingerprint density at radius 3 is 2.65 bits per heavy atom. The number of pyridine rings is 1. The molecule has 1 saturated heterocycles. The highest BCUT2D eigenvalue weighted by molar-refractivity contribution is 7.98. The first-order valence-corrected chi connectivity index (χ1v) is 16.1. The highest BCUT2D eigenvalue weighted by atomic mass is 32.2. The fraction of sp³-hybridized carbons (Fsp3) is 0.533. The van der Waals surface area contributed by atoms with E-state index in [1.54, 1.807) is 18.4 Å². The second-order valence-electron chi connectivity index (χ2n) is 11.4. The quantitative estimate of drug-likeness (QED) is 0.368. The molecular formula is C30H37N3O5S2. The van der Waals surface area contributed by atoms with Crippen LogP contribution in [0.4, 0.5) is 0 Å². The number of methoxy groups -OCH3 is 1. The van der Waals surface area contributed by atoms with Gasteiger partial charge in [0.25, 0.3) is 17.3 Å². The summed E-state index contributed by atoms with van der Waals surface area (Å²) in [7, 11) is 1.79. The number of amides is 1. The van der Waals surface area contributed by atoms with E-state index in [-0.39, 0.29) is 23.9 Å². The van der Waals surface area contributed by atoms with Gasteiger partial charge in [0.2, 0.25) is 0 Å². The highest BCUT2D eigenvalue weighted by Gasteiger charge is 2.48. The van der Waals surface area contributed by atoms with E-state index in [0.717, 1.165) is 70.8 Å². The van der Waals surface area contributed by atoms with Gasteiger partial charge in [0.05, 0.1) is 16.4 Å². The first kappa shape index (κ1) is 27.6. The fourth-order valence-corrected chi connectivity index (χ4v) is 8.13. The van der Waals surface area contributed by atoms with Crippen molar-refractivity contribution in [2.45, 2.75) is 75.8 Å². The maximum Gasteiger partial charge on any atom is 0.254 e. The van der Waals surface area contributed by atoms with Gasteiger partial charge in [-0.25, -0.2) is 0 Å². The lowest BCUT2D eigenvalue weighted by atomic mass is 9.80. The number of hydrogen-bond acceptors (Lipinski definition) is 8. The van der Waals surface area contributed by atoms with E-state index in [0.29, 0.717) is 29.0 Å². The number of carbonyl (C=O) groups is 1. The number of ether oxygens (including phenoxy) is 3. The maximum absolute atomic E-state index is 13.6. The number of rotatable bonds is 7. The summed E-state index contributed by atoms with van der Waals surface area (Å²) in [6.07, 6.45) is 6.62. The van der Waals surface area contributed by atoms with Crippen molar-refractivity contribution in [3.8, 4) is 11.5 Å². The molecule has 40 heavy (non-hydrogen) atoms. The molecule has 2 aliphatic heterocycles. The van der Waals surface area contributed by atoms with Crippen LogP contribution in [0.15, 0.2) is 27.2 Å². The summed E-state index contributed by atoms with van der Waals surface area (Å²) in [5.41, 5.74) is 2.53. The largest absolute Gasteiger partial charge is 0.448 e. The summed E-state index contributed by atoms with van der Waals surface area (Å²) >= 11 is 3.06. The lowest BCUT2D eigenvalue weighted by Gasteiger charge is -2.47. The molecule has 8 nitrogen and oxygen atoms in total. The Labute approximate surface area is 242 Å². The summed E-state index contributed by atoms with van der Waals surface area (Å²) in [4.78, 5) is 32.5. The number of aryl methyl sites for hydroxylation is 1. The number of thioether (sulfide) groups is 1. The smallest absolute Gasteiger partial charge is 0.254 e. The molecule has 1 atom stereocenters. The second kappa shape index (κ2) is 10.7. The van der Waals surface area contributed by atoms with Gasteiger partial charge in [-0.1, -0.05) is 0 Å². The minimum atomic E-state index is -0.767. The van der Waals surface area contributed by atoms with Crippen LogP contribution in [0.3, 0.4) is 0 Å². The van der Waals surface area contributed by atoms with Crippen LogP contribution in [0.5, 0.6) is 11.5 Å². The number of thiophene rings is 1. The zero-order valence-electron chi connectivity index (χ0n) is 23.7. The van der Waals surface area contributed by atoms with E-state index in [4.69, 9.17) is 14.2 Å². The highest BCUT2D eigenvalue weighted by Crippen LogP contribution is 2.53. The molecule has 1 saturated carbocycles. The Bertz CT molecular complexity index is 1500. The molecule has 0 bridgehead atoms. The number of nitrogens with zero attached hydrogens (tertiary/aromatic N) is 1. The van der Waals surface area contributed by atoms with Crippen molar-refractivity contribution in [3.63, 3.8) is 0 Å². The van der Waals surface area contributed by atoms with Gasteiger partial charge in [-0.2, -0.15) is 0 Å². The van der Waals surface area contributed by atoms with E-state index in [2.05, 4.69) is 22.1 Å². The predicted molar refractivity (Wildman–Crippen MR) is 159 cm³/mol. The third-order valence-electron chi connectivity index (χ3n) is 8.94. The predicted octanol–water partition coefficient (Wildman–Crippen LogP) is 5.24. The molecule has 3 aliphatic rings. The number of H-pyrrole nitrogens is 1. The van der Waals surface area contributed by atoms with Gasteiger partial charge in [-0.3, -0.25) is 14.5 Å². The second-order valence-corrected chi connectivity index (χ2v) is 13.1. The lowest BCUT2D eigenvalue weighted by molar-refractivity contribution is -0.129. The third kappa shape index (κ3) is 4.72. The van der Waals surface area contributed by atoms with Crippen molar-refractivity contribution in [2.75, 3.05) is 26.5 Å². The summed E-state index contributed by atoms with van der Waals surface area (Å²) < 4.78 is 19.7. The fourth-order valence-electron chi connectivity index (χ4n) is 6.55. The van der Waals surface area contributed by atoms with E-state index < -0.39 is 5.79 Å². The SMILES string of the molecule is COC1CN(C2CCC([C@]3(C)Oc4c(C)c(C(=O)NCc5c(SC)cc(C)[nH]c5=O)c5ccsc5c4O3)CC2)C1. The average Bonchev–Trinajstić information content (AvgIpc) is 3.53. The zero-order valence-corrected chi connectivity index (χ0v) is 25.4. The van der Waals surface area contributed by atoms with E-state index in [9.17, 15) is 9.59 Å². The molecule has 4 heterocycles. The van der Waals surface area contributed by atoms with Crippen LogP contribution < -0.4 is 20.3 Å². The van der Waals surface area contributed by atoms with Crippen LogP contribution in [0.2, 0.25) is 0 Å². The number of aromatic nitrogens is 1. The van der Waals surface area contributed by atoms with Gasteiger partial charge < -0.3 is 24.5 Å². The van der Waals surface area contributed by atoms with Crippen molar-refractivity contribution in [3.05, 3.63) is 50.3 Å². The number of likely N-dealkylation sites (tertiary alicyclic amines) is 1. The standard InChI is InChI=1S/C30H37N3O5S2/c1-16-12-23(39-5)22(28(34)32-16)13-31-29(35)24-17(2)25-26(27-21(24)10-11-40-27)38-30(3,37-25)18-6-8-19(9-7-18)33-14-20(15-33)36-4/h10-12,18-20H,6-9,13-15H2,1-5H3,(H,31,35)(H,32,34)/t18?,19?,30-/m1/s1. The molecule has 3 aromatic rings. The summed E-state index contributed by atoms with van der Waals surface area (Å²) in [5.74, 6) is 0.677. The zero-order chi connectivity index (χ0) is 28.2. The molecule has 1 aromatic carbocycles. The average molecular weight is 584 g/mol. The number of benzene rings is 1. The van der Waals surface area contributed by atoms with Crippen LogP contribution in [-0.4, -0.2) is 60.2 Å². The van der Waals surface area contributed by atoms with Crippen molar-refractivity contribution in [1.82, 2.24) is 15.2 Å². The third-order valence-corrected chi connectivity index (χ3v) is 10.7. The van der Waals surface area contributed by atoms with Crippen LogP contribution in [-0.2, 0) is 11.3 Å². The number of nitrogens with one attached hydrogen (secondary N) is 2. The van der Waals surface area contributed by atoms with Crippen LogP contribution in [0.25, 0.3) is 10.1 Å². The molecular weight excluding hydrogens is 546 g/mol. The Morgan fingerprint density at radius 1 is 1.23 bits per heavy atom. The Morgan fingerprint density at radius 2 is 1.95 bits per heavy atom. The molecule has 6 rings (SSSR count). The minimum absolute atomic E-state index is 0.146. The van der Waals surface area contributed by atoms with Crippen LogP contribution >= 0.6 is 23.1 Å². The van der Waals surface area contributed by atoms with Gasteiger partial charge in [0.1, 0.15) is 0 Å². The minimum Gasteiger partial charge on any atom is -0.448 e. The number of aromatic amines is 1. The van der Waals surface area contributed by atoms with Gasteiger partial charge in [0.15, 0.2) is 11.5 Å². The van der Waals surface area contributed by atoms with Gasteiger partial charge in [0, 0.05) is 72.7 Å². The van der Waals surface area contributed by atoms with E-state index in [1.165, 1.54) is 11.8 Å². The molecule has 2 fully saturated rings. The normalized spacial score (nSPS) is 24.8. The van der Waals surface area contributed by atoms with Crippen molar-refractivity contribution in [1.29, 1.82) is 0 Å². The Hall–Kier alpha value is -2.53. The van der Waals surface area contributed by atoms with Gasteiger partial charge in [-0.15, -0.1) is 23.1 Å². The van der Waals surface area contributed by atoms with Gasteiger partial charge in [-0.05, 0) is 63.3 Å². The van der Waals surface area contributed by atoms with Crippen molar-refractivity contribution in [2.24, 2.45) is 5.92 Å². The molecule has 2 aromatic heterocycles. The molecule has 10 heteroatoms. The van der Waals surface area contributed by atoms with E-state index >= 15 is 0 Å².